The molecule has 0 aromatic rings. The molecule has 5 N–H and O–H groups in total. The molecule has 12 heteroatoms. The monoisotopic (exact) mass is 1020 g/mol. The van der Waals surface area contributed by atoms with Gasteiger partial charge in [-0.2, -0.15) is 13.2 Å². The average molecular weight is 1020 g/mol. The number of allylic oxidation sites excluding steroid dienone is 5. The number of esters is 1. The number of unbranched alkanes of at least 4 members (excludes halogenated alkanes) is 25. The van der Waals surface area contributed by atoms with Crippen molar-refractivity contribution in [3.63, 3.8) is 0 Å². The van der Waals surface area contributed by atoms with Gasteiger partial charge in [0.25, 0.3) is 0 Å². The second kappa shape index (κ2) is 47.4. The third-order valence-electron chi connectivity index (χ3n) is 13.9. The normalized spacial score (nSPS) is 16.4. The number of halogens is 3. The largest absolute Gasteiger partial charge is 0.490 e. The van der Waals surface area contributed by atoms with Crippen LogP contribution in [0.25, 0.3) is 0 Å². The molecule has 9 nitrogen and oxygen atoms in total. The van der Waals surface area contributed by atoms with E-state index in [-0.39, 0.29) is 24.2 Å². The molecule has 0 aromatic carbocycles. The maximum Gasteiger partial charge on any atom is 0.490 e. The molecule has 422 valence electrons. The summed E-state index contributed by atoms with van der Waals surface area (Å²) in [5.74, 6) is -2.18. The summed E-state index contributed by atoms with van der Waals surface area (Å²) in [5.41, 5.74) is 12.3. The number of hydrogen-bond donors (Lipinski definition) is 3. The highest BCUT2D eigenvalue weighted by molar-refractivity contribution is 5.97. The fourth-order valence-corrected chi connectivity index (χ4v) is 9.57. The quantitative estimate of drug-likeness (QED) is 0.0238. The minimum absolute atomic E-state index is 0.213. The number of rotatable bonds is 53. The van der Waals surface area contributed by atoms with Crippen LogP contribution in [0.4, 0.5) is 13.2 Å². The van der Waals surface area contributed by atoms with Gasteiger partial charge in [0.05, 0.1) is 17.7 Å². The third-order valence-corrected chi connectivity index (χ3v) is 13.9. The summed E-state index contributed by atoms with van der Waals surface area (Å²) in [6.07, 6.45) is 47.9. The van der Waals surface area contributed by atoms with Crippen molar-refractivity contribution in [3.8, 4) is 0 Å². The van der Waals surface area contributed by atoms with E-state index >= 15 is 0 Å². The van der Waals surface area contributed by atoms with Gasteiger partial charge in [-0.25, -0.2) is 4.79 Å². The molecule has 0 radical (unpaired) electrons. The average Bonchev–Trinajstić information content (AvgIpc) is 3.77. The molecule has 72 heavy (non-hydrogen) atoms. The lowest BCUT2D eigenvalue weighted by atomic mass is 9.88. The van der Waals surface area contributed by atoms with Crippen molar-refractivity contribution in [3.05, 3.63) is 36.5 Å². The topological polar surface area (TPSA) is 124 Å². The van der Waals surface area contributed by atoms with Crippen molar-refractivity contribution in [2.45, 2.75) is 282 Å². The van der Waals surface area contributed by atoms with Gasteiger partial charge in [0, 0.05) is 32.0 Å². The van der Waals surface area contributed by atoms with Gasteiger partial charge in [-0.05, 0) is 149 Å². The molecule has 0 aliphatic carbocycles. The zero-order valence-electron chi connectivity index (χ0n) is 46.9. The number of likely N-dealkylation sites (N-methyl/N-ethyl adjacent to an activating group) is 1. The second-order valence-corrected chi connectivity index (χ2v) is 21.2. The second-order valence-electron chi connectivity index (χ2n) is 21.2. The number of nitrogens with one attached hydrogen (secondary N) is 1. The predicted molar refractivity (Wildman–Crippen MR) is 300 cm³/mol. The summed E-state index contributed by atoms with van der Waals surface area (Å²) in [6.45, 7) is 7.89. The number of alkyl halides is 3. The third kappa shape index (κ3) is 39.3. The van der Waals surface area contributed by atoms with Crippen LogP contribution in [0.15, 0.2) is 41.4 Å². The Hall–Kier alpha value is -2.09. The van der Waals surface area contributed by atoms with Crippen LogP contribution >= 0.6 is 0 Å². The van der Waals surface area contributed by atoms with Crippen LogP contribution in [0.5, 0.6) is 0 Å². The highest BCUT2D eigenvalue weighted by Gasteiger charge is 2.42. The van der Waals surface area contributed by atoms with E-state index in [4.69, 9.17) is 30.7 Å². The molecule has 4 unspecified atom stereocenters. The summed E-state index contributed by atoms with van der Waals surface area (Å²) in [6, 6.07) is 0. The van der Waals surface area contributed by atoms with Crippen molar-refractivity contribution in [2.75, 3.05) is 53.5 Å². The molecule has 1 aliphatic heterocycles. The zero-order valence-corrected chi connectivity index (χ0v) is 46.9. The van der Waals surface area contributed by atoms with E-state index in [1.807, 2.05) is 14.1 Å². The van der Waals surface area contributed by atoms with E-state index in [9.17, 15) is 18.0 Å². The molecule has 4 atom stereocenters. The number of aliphatic imine (C=N–C) groups is 1. The van der Waals surface area contributed by atoms with Gasteiger partial charge < -0.3 is 30.6 Å². The predicted octanol–water partition coefficient (Wildman–Crippen LogP) is 15.6. The Morgan fingerprint density at radius 3 is 1.56 bits per heavy atom. The lowest BCUT2D eigenvalue weighted by Crippen LogP contribution is -2.44. The van der Waals surface area contributed by atoms with Gasteiger partial charge >= 0.3 is 12.1 Å². The molecule has 1 heterocycles. The van der Waals surface area contributed by atoms with E-state index in [1.54, 1.807) is 0 Å². The van der Waals surface area contributed by atoms with Crippen LogP contribution in [0.1, 0.15) is 251 Å². The molecule has 0 saturated carbocycles. The summed E-state index contributed by atoms with van der Waals surface area (Å²) >= 11 is 0. The van der Waals surface area contributed by atoms with Crippen molar-refractivity contribution in [1.82, 2.24) is 10.2 Å². The molecule has 0 aromatic heterocycles. The molecular weight excluding hydrogens is 912 g/mol. The number of nitrogens with zero attached hydrogens (tertiary/aromatic N) is 2. The van der Waals surface area contributed by atoms with E-state index < -0.39 is 18.4 Å². The van der Waals surface area contributed by atoms with Gasteiger partial charge in [-0.1, -0.05) is 166 Å². The smallest absolute Gasteiger partial charge is 0.440 e. The lowest BCUT2D eigenvalue weighted by Gasteiger charge is -2.31. The maximum atomic E-state index is 13.5. The van der Waals surface area contributed by atoms with Gasteiger partial charge in [-0.3, -0.25) is 10.3 Å². The van der Waals surface area contributed by atoms with Crippen LogP contribution in [0.3, 0.4) is 0 Å². The number of hydrogen-bond acceptors (Lipinski definition) is 9. The highest BCUT2D eigenvalue weighted by atomic mass is 19.4. The molecule has 0 amide bonds. The zero-order chi connectivity index (χ0) is 52.6. The van der Waals surface area contributed by atoms with Gasteiger partial charge in [-0.15, -0.1) is 0 Å². The first kappa shape index (κ1) is 67.9. The van der Waals surface area contributed by atoms with E-state index in [0.29, 0.717) is 58.7 Å². The SMILES string of the molecule is CCCCCCCCC=CCCCCCCCCOC(CCNC(CCCCC1(CCCN)C=CC(CCCN)=N1)OC(=O)C(F)(F)F)C(CN(C)C)OCCCCCCCCC=CCCCCCCCC. The molecule has 0 bridgehead atoms. The first-order valence-corrected chi connectivity index (χ1v) is 29.9. The van der Waals surface area contributed by atoms with Crippen LogP contribution in [-0.2, 0) is 19.0 Å². The Morgan fingerprint density at radius 2 is 1.08 bits per heavy atom. The highest BCUT2D eigenvalue weighted by Crippen LogP contribution is 2.32. The number of carbonyl (C=O) groups excluding carboxylic acids is 1. The van der Waals surface area contributed by atoms with Crippen molar-refractivity contribution in [2.24, 2.45) is 16.5 Å². The Kier molecular flexibility index (Phi) is 44.7. The molecule has 0 saturated heterocycles. The Bertz CT molecular complexity index is 1360. The summed E-state index contributed by atoms with van der Waals surface area (Å²) in [7, 11) is 4.06. The summed E-state index contributed by atoms with van der Waals surface area (Å²) in [5, 5.41) is 3.18. The Labute approximate surface area is 440 Å². The first-order valence-electron chi connectivity index (χ1n) is 29.9. The van der Waals surface area contributed by atoms with E-state index in [0.717, 1.165) is 69.9 Å². The molecular formula is C60H112F3N5O4. The number of nitrogens with two attached hydrogens (primary N) is 2. The minimum atomic E-state index is -5.08. The Morgan fingerprint density at radius 1 is 0.625 bits per heavy atom. The number of carbonyl (C=O) groups is 1. The van der Waals surface area contributed by atoms with Crippen molar-refractivity contribution < 1.29 is 32.2 Å². The fourth-order valence-electron chi connectivity index (χ4n) is 9.57. The van der Waals surface area contributed by atoms with Crippen LogP contribution < -0.4 is 16.8 Å². The standard InChI is InChI=1S/C60H112F3N5O4/c1-5-7-9-11-13-15-17-19-21-23-25-27-29-31-33-37-51-70-55(56(53-68(3)4)71-52-38-34-32-30-28-26-24-22-20-18-16-14-12-10-8-6-2)44-50-66-57(72-58(69)60(61,62)63)42-35-36-45-59(46-40-49-65)47-43-54(67-59)41-39-48-64/h19-22,43,47,55-57,66H,5-18,23-42,44-46,48-53,64-65H2,1-4H3. The van der Waals surface area contributed by atoms with Crippen molar-refractivity contribution >= 4 is 11.7 Å². The van der Waals surface area contributed by atoms with Crippen molar-refractivity contribution in [1.29, 1.82) is 0 Å². The maximum absolute atomic E-state index is 13.5. The summed E-state index contributed by atoms with van der Waals surface area (Å²) < 4.78 is 58.9. The molecule has 0 spiro atoms. The fraction of sp³-hybridized carbons (Fsp3) is 0.867. The van der Waals surface area contributed by atoms with Gasteiger partial charge in [0.2, 0.25) is 0 Å². The molecule has 1 aliphatic rings. The van der Waals surface area contributed by atoms with Crippen LogP contribution in [0, 0.1) is 0 Å². The van der Waals surface area contributed by atoms with E-state index in [2.05, 4.69) is 60.5 Å². The van der Waals surface area contributed by atoms with Crippen LogP contribution in [-0.4, -0.2) is 100 Å². The minimum Gasteiger partial charge on any atom is -0.440 e. The van der Waals surface area contributed by atoms with Gasteiger partial charge in [0.1, 0.15) is 0 Å². The van der Waals surface area contributed by atoms with Gasteiger partial charge in [0.15, 0.2) is 6.23 Å². The molecule has 0 fully saturated rings. The lowest BCUT2D eigenvalue weighted by molar-refractivity contribution is -0.206. The summed E-state index contributed by atoms with van der Waals surface area (Å²) in [4.78, 5) is 19.3. The number of ether oxygens (including phenoxy) is 3. The van der Waals surface area contributed by atoms with Crippen LogP contribution in [0.2, 0.25) is 0 Å². The molecule has 1 rings (SSSR count). The Balaban J connectivity index is 2.79. The van der Waals surface area contributed by atoms with E-state index in [1.165, 1.54) is 148 Å². The first-order chi connectivity index (χ1) is 35.0.